The van der Waals surface area contributed by atoms with Crippen LogP contribution in [0, 0.1) is 29.6 Å². The highest BCUT2D eigenvalue weighted by Crippen LogP contribution is 2.66. The quantitative estimate of drug-likeness (QED) is 0.244. The zero-order chi connectivity index (χ0) is 28.5. The molecule has 3 unspecified atom stereocenters. The maximum atomic E-state index is 12.8. The van der Waals surface area contributed by atoms with Gasteiger partial charge in [-0.2, -0.15) is 9.97 Å². The molecule has 1 aromatic carbocycles. The van der Waals surface area contributed by atoms with Gasteiger partial charge in [0.05, 0.1) is 16.8 Å². The van der Waals surface area contributed by atoms with Crippen LogP contribution >= 0.6 is 0 Å². The van der Waals surface area contributed by atoms with E-state index in [1.807, 2.05) is 0 Å². The fourth-order valence-corrected chi connectivity index (χ4v) is 8.87. The number of hydrogen-bond donors (Lipinski definition) is 1. The van der Waals surface area contributed by atoms with Crippen molar-refractivity contribution in [3.05, 3.63) is 35.9 Å². The molecule has 8 heteroatoms. The summed E-state index contributed by atoms with van der Waals surface area (Å²) in [5.74, 6) is 6.00. The van der Waals surface area contributed by atoms with Gasteiger partial charge in [-0.1, -0.05) is 36.8 Å². The van der Waals surface area contributed by atoms with Crippen LogP contribution < -0.4 is 10.2 Å². The summed E-state index contributed by atoms with van der Waals surface area (Å²) in [6.45, 7) is 0.969. The normalized spacial score (nSPS) is 31.0. The first-order valence-electron chi connectivity index (χ1n) is 16.2. The average Bonchev–Trinajstić information content (AvgIpc) is 3.87. The number of imidazole rings is 1. The Morgan fingerprint density at radius 2 is 1.76 bits per heavy atom. The lowest BCUT2D eigenvalue weighted by molar-refractivity contribution is 0.261. The van der Waals surface area contributed by atoms with Crippen molar-refractivity contribution in [3.8, 4) is 12.3 Å². The number of piperidine rings is 1. The second-order valence-corrected chi connectivity index (χ2v) is 15.1. The Bertz CT molecular complexity index is 1560. The number of rotatable bonds is 7. The Balaban J connectivity index is 1.28. The molecule has 7 nitrogen and oxygen atoms in total. The van der Waals surface area contributed by atoms with Gasteiger partial charge in [-0.25, -0.2) is 4.98 Å². The topological polar surface area (TPSA) is 75.9 Å². The molecule has 1 N–H and O–H groups in total. The largest absolute Gasteiger partial charge is 0.362 e. The number of nitrogens with zero attached hydrogens (tertiary/aromatic N) is 5. The van der Waals surface area contributed by atoms with Gasteiger partial charge in [0, 0.05) is 30.3 Å². The maximum Gasteiger partial charge on any atom is 0.222 e. The van der Waals surface area contributed by atoms with E-state index >= 15 is 0 Å². The summed E-state index contributed by atoms with van der Waals surface area (Å²) in [6, 6.07) is 11.6. The molecule has 4 saturated carbocycles. The van der Waals surface area contributed by atoms with Gasteiger partial charge in [-0.05, 0) is 93.9 Å². The molecule has 0 bridgehead atoms. The van der Waals surface area contributed by atoms with Gasteiger partial charge in [0.25, 0.3) is 0 Å². The minimum absolute atomic E-state index is 0.116. The SMILES string of the molecule is C#CC1CCC2(CC1)CC2n1c(N2CCCCC2c2ccccc2)nc2nc(S(C)=O)nc(NC3(C4CCC4)CC3)c21. The number of fused-ring (bicyclic) bond motifs is 1. The molecular weight excluding hydrogens is 540 g/mol. The van der Waals surface area contributed by atoms with Gasteiger partial charge in [-0.3, -0.25) is 4.21 Å². The summed E-state index contributed by atoms with van der Waals surface area (Å²) in [5.41, 5.74) is 3.43. The summed E-state index contributed by atoms with van der Waals surface area (Å²) in [7, 11) is -1.30. The second kappa shape index (κ2) is 10.1. The molecule has 3 atom stereocenters. The van der Waals surface area contributed by atoms with E-state index in [2.05, 4.69) is 51.0 Å². The molecule has 1 saturated heterocycles. The minimum Gasteiger partial charge on any atom is -0.362 e. The summed E-state index contributed by atoms with van der Waals surface area (Å²) in [4.78, 5) is 17.8. The molecule has 5 aliphatic rings. The van der Waals surface area contributed by atoms with E-state index < -0.39 is 10.8 Å². The molecule has 42 heavy (non-hydrogen) atoms. The summed E-state index contributed by atoms with van der Waals surface area (Å²) in [6.07, 6.45) is 23.0. The van der Waals surface area contributed by atoms with Crippen molar-refractivity contribution in [2.45, 2.75) is 106 Å². The molecule has 1 aliphatic heterocycles. The van der Waals surface area contributed by atoms with Gasteiger partial charge >= 0.3 is 0 Å². The van der Waals surface area contributed by atoms with Crippen LogP contribution in [0.2, 0.25) is 0 Å². The monoisotopic (exact) mass is 582 g/mol. The molecule has 1 spiro atoms. The average molecular weight is 583 g/mol. The third kappa shape index (κ3) is 4.37. The fraction of sp³-hybridized carbons (Fsp3) is 0.618. The van der Waals surface area contributed by atoms with Crippen LogP contribution in [-0.2, 0) is 10.8 Å². The van der Waals surface area contributed by atoms with Crippen molar-refractivity contribution < 1.29 is 4.21 Å². The van der Waals surface area contributed by atoms with Crippen LogP contribution in [0.15, 0.2) is 35.5 Å². The molecule has 0 radical (unpaired) electrons. The van der Waals surface area contributed by atoms with E-state index in [1.165, 1.54) is 56.9 Å². The van der Waals surface area contributed by atoms with Crippen molar-refractivity contribution in [2.24, 2.45) is 17.3 Å². The van der Waals surface area contributed by atoms with Gasteiger partial charge in [0.2, 0.25) is 11.1 Å². The Morgan fingerprint density at radius 3 is 2.43 bits per heavy atom. The number of benzene rings is 1. The Kier molecular flexibility index (Phi) is 6.40. The summed E-state index contributed by atoms with van der Waals surface area (Å²) >= 11 is 0. The van der Waals surface area contributed by atoms with Crippen molar-refractivity contribution in [2.75, 3.05) is 23.0 Å². The molecule has 4 aliphatic carbocycles. The zero-order valence-corrected chi connectivity index (χ0v) is 25.5. The summed E-state index contributed by atoms with van der Waals surface area (Å²) in [5, 5.41) is 4.35. The molecule has 8 rings (SSSR count). The van der Waals surface area contributed by atoms with E-state index in [0.29, 0.717) is 28.7 Å². The number of aromatic nitrogens is 4. The Hall–Kier alpha value is -2.92. The molecule has 2 aromatic heterocycles. The molecule has 5 fully saturated rings. The first-order chi connectivity index (χ1) is 20.5. The van der Waals surface area contributed by atoms with Crippen molar-refractivity contribution in [1.82, 2.24) is 19.5 Å². The highest BCUT2D eigenvalue weighted by molar-refractivity contribution is 7.84. The van der Waals surface area contributed by atoms with Crippen LogP contribution in [0.3, 0.4) is 0 Å². The molecule has 220 valence electrons. The van der Waals surface area contributed by atoms with Crippen LogP contribution in [0.25, 0.3) is 11.2 Å². The van der Waals surface area contributed by atoms with Crippen molar-refractivity contribution >= 4 is 33.7 Å². The number of nitrogens with one attached hydrogen (secondary N) is 1. The maximum absolute atomic E-state index is 12.8. The smallest absolute Gasteiger partial charge is 0.222 e. The molecular formula is C34H42N6OS. The highest BCUT2D eigenvalue weighted by atomic mass is 32.2. The number of hydrogen-bond acceptors (Lipinski definition) is 6. The first kappa shape index (κ1) is 26.7. The van der Waals surface area contributed by atoms with Crippen LogP contribution in [-0.4, -0.2) is 42.1 Å². The van der Waals surface area contributed by atoms with E-state index in [0.717, 1.165) is 55.9 Å². The van der Waals surface area contributed by atoms with E-state index in [1.54, 1.807) is 6.26 Å². The standard InChI is InChI=1S/C34H42N6OS/c1-3-23-15-17-33(18-16-23)22-27(33)40-28-29(37-32(40)39-21-8-7-14-26(39)24-10-5-4-6-11-24)35-31(42(2)41)36-30(28)38-34(19-20-34)25-12-9-13-25/h1,4-6,10-11,23,25-27H,7-9,12-22H2,2H3,(H,35,36,38). The Labute approximate surface area is 251 Å². The van der Waals surface area contributed by atoms with E-state index in [9.17, 15) is 4.21 Å². The predicted octanol–water partition coefficient (Wildman–Crippen LogP) is 6.79. The molecule has 3 heterocycles. The number of terminal acetylenes is 1. The van der Waals surface area contributed by atoms with Crippen LogP contribution in [0.5, 0.6) is 0 Å². The third-order valence-electron chi connectivity index (χ3n) is 11.4. The van der Waals surface area contributed by atoms with Crippen molar-refractivity contribution in [1.29, 1.82) is 0 Å². The number of anilines is 2. The van der Waals surface area contributed by atoms with Gasteiger partial charge in [0.1, 0.15) is 5.52 Å². The lowest BCUT2D eigenvalue weighted by atomic mass is 9.78. The lowest BCUT2D eigenvalue weighted by Crippen LogP contribution is -2.36. The van der Waals surface area contributed by atoms with Gasteiger partial charge < -0.3 is 14.8 Å². The fourth-order valence-electron chi connectivity index (χ4n) is 8.43. The lowest BCUT2D eigenvalue weighted by Gasteiger charge is -2.38. The zero-order valence-electron chi connectivity index (χ0n) is 24.7. The van der Waals surface area contributed by atoms with E-state index in [4.69, 9.17) is 21.4 Å². The third-order valence-corrected chi connectivity index (χ3v) is 12.1. The minimum atomic E-state index is -1.30. The highest BCUT2D eigenvalue weighted by Gasteiger charge is 2.58. The van der Waals surface area contributed by atoms with Gasteiger partial charge in [0.15, 0.2) is 11.5 Å². The van der Waals surface area contributed by atoms with Crippen LogP contribution in [0.1, 0.15) is 101 Å². The molecule has 3 aromatic rings. The van der Waals surface area contributed by atoms with Crippen molar-refractivity contribution in [3.63, 3.8) is 0 Å². The summed E-state index contributed by atoms with van der Waals surface area (Å²) < 4.78 is 15.3. The molecule has 0 amide bonds. The Morgan fingerprint density at radius 1 is 0.976 bits per heavy atom. The van der Waals surface area contributed by atoms with Gasteiger partial charge in [-0.15, -0.1) is 12.3 Å². The first-order valence-corrected chi connectivity index (χ1v) is 17.8. The van der Waals surface area contributed by atoms with E-state index in [-0.39, 0.29) is 17.0 Å². The van der Waals surface area contributed by atoms with Crippen LogP contribution in [0.4, 0.5) is 11.8 Å². The predicted molar refractivity (Wildman–Crippen MR) is 168 cm³/mol. The second-order valence-electron chi connectivity index (χ2n) is 13.8.